The van der Waals surface area contributed by atoms with Crippen molar-refractivity contribution in [2.45, 2.75) is 5.41 Å². The zero-order valence-corrected chi connectivity index (χ0v) is 34.7. The number of hydrogen-bond donors (Lipinski definition) is 0. The van der Waals surface area contributed by atoms with Gasteiger partial charge in [-0.1, -0.05) is 145 Å². The minimum Gasteiger partial charge on any atom is -0.319 e. The second kappa shape index (κ2) is 15.6. The third kappa shape index (κ3) is 6.11. The molecule has 8 aromatic carbocycles. The normalized spacial score (nSPS) is 11.5. The van der Waals surface area contributed by atoms with E-state index in [0.29, 0.717) is 0 Å². The summed E-state index contributed by atoms with van der Waals surface area (Å²) < 4.78 is 6.78. The second-order valence-corrected chi connectivity index (χ2v) is 14.9. The molecule has 0 saturated heterocycles. The second-order valence-electron chi connectivity index (χ2n) is 14.9. The van der Waals surface area contributed by atoms with E-state index in [-0.39, 0.29) is 21.1 Å². The van der Waals surface area contributed by atoms with Crippen LogP contribution in [0.15, 0.2) is 225 Å². The molecule has 5 heteroatoms. The number of nitrogens with zero attached hydrogens (tertiary/aromatic N) is 4. The molecule has 0 fully saturated rings. The van der Waals surface area contributed by atoms with Gasteiger partial charge in [-0.3, -0.25) is 0 Å². The molecule has 11 aromatic rings. The molecular formula is C55H37N4Pt-. The van der Waals surface area contributed by atoms with E-state index in [1.165, 1.54) is 0 Å². The van der Waals surface area contributed by atoms with Gasteiger partial charge in [0.1, 0.15) is 11.5 Å². The van der Waals surface area contributed by atoms with Crippen LogP contribution >= 0.6 is 0 Å². The van der Waals surface area contributed by atoms with Gasteiger partial charge in [-0.25, -0.2) is 9.55 Å². The van der Waals surface area contributed by atoms with Crippen molar-refractivity contribution in [3.63, 3.8) is 0 Å². The number of benzene rings is 8. The maximum atomic E-state index is 5.00. The van der Waals surface area contributed by atoms with Crippen molar-refractivity contribution in [2.24, 2.45) is 0 Å². The molecule has 60 heavy (non-hydrogen) atoms. The number of aromatic nitrogens is 4. The van der Waals surface area contributed by atoms with Crippen molar-refractivity contribution in [1.82, 2.24) is 18.7 Å². The summed E-state index contributed by atoms with van der Waals surface area (Å²) in [6, 6.07) is 83.2. The van der Waals surface area contributed by atoms with Crippen LogP contribution in [0.3, 0.4) is 0 Å². The Balaban J connectivity index is 0.00000433. The number of fused-ring (bicyclic) bond motifs is 4. The predicted molar refractivity (Wildman–Crippen MR) is 241 cm³/mol. The fourth-order valence-corrected chi connectivity index (χ4v) is 8.92. The van der Waals surface area contributed by atoms with E-state index in [2.05, 4.69) is 244 Å². The van der Waals surface area contributed by atoms with Crippen LogP contribution in [0.2, 0.25) is 0 Å². The molecule has 4 nitrogen and oxygen atoms in total. The van der Waals surface area contributed by atoms with E-state index in [1.54, 1.807) is 0 Å². The van der Waals surface area contributed by atoms with Crippen molar-refractivity contribution in [2.75, 3.05) is 0 Å². The standard InChI is InChI=1S/C55H37N4.Pt/c1-5-18-40(19-6-1)41-34-35-56-54(36-41)59-50-29-14-13-28-48(50)49-33-32-45(38-53(49)59)55(42-20-7-2-8-21-42,43-22-9-3-10-23-43)44-24-17-27-47(37-44)58-39-57(46-25-11-4-12-26-46)51-30-15-16-31-52(51)58;/h1-36,39H;/q-1;. The van der Waals surface area contributed by atoms with Crippen molar-refractivity contribution in [1.29, 1.82) is 0 Å². The fraction of sp³-hybridized carbons (Fsp3) is 0.0182. The molecule has 0 aliphatic rings. The maximum absolute atomic E-state index is 5.00. The molecule has 0 saturated carbocycles. The van der Waals surface area contributed by atoms with Crippen molar-refractivity contribution in [3.05, 3.63) is 259 Å². The first-order chi connectivity index (χ1) is 29.3. The molecule has 0 amide bonds. The van der Waals surface area contributed by atoms with E-state index in [4.69, 9.17) is 4.98 Å². The van der Waals surface area contributed by atoms with Crippen LogP contribution in [-0.2, 0) is 26.5 Å². The molecule has 0 atom stereocenters. The Hall–Kier alpha value is -7.13. The molecule has 3 heterocycles. The summed E-state index contributed by atoms with van der Waals surface area (Å²) in [6.07, 6.45) is 4.09. The summed E-state index contributed by atoms with van der Waals surface area (Å²) in [5, 5.41) is 2.27. The number of rotatable bonds is 8. The zero-order chi connectivity index (χ0) is 39.2. The Morgan fingerprint density at radius 3 is 1.73 bits per heavy atom. The smallest absolute Gasteiger partial charge is 0.168 e. The van der Waals surface area contributed by atoms with Crippen LogP contribution in [0.1, 0.15) is 22.3 Å². The first kappa shape index (κ1) is 37.2. The first-order valence-corrected chi connectivity index (χ1v) is 20.0. The van der Waals surface area contributed by atoms with Gasteiger partial charge < -0.3 is 4.57 Å². The van der Waals surface area contributed by atoms with Crippen molar-refractivity contribution in [3.8, 4) is 28.3 Å². The van der Waals surface area contributed by atoms with Gasteiger partial charge in [-0.2, -0.15) is 34.9 Å². The average molecular weight is 949 g/mol. The number of para-hydroxylation sites is 4. The van der Waals surface area contributed by atoms with Crippen LogP contribution in [0.25, 0.3) is 61.2 Å². The Morgan fingerprint density at radius 2 is 1.03 bits per heavy atom. The van der Waals surface area contributed by atoms with Crippen LogP contribution in [-0.4, -0.2) is 18.7 Å². The molecule has 0 bridgehead atoms. The van der Waals surface area contributed by atoms with E-state index in [9.17, 15) is 0 Å². The topological polar surface area (TPSA) is 27.7 Å². The van der Waals surface area contributed by atoms with Crippen molar-refractivity contribution < 1.29 is 21.1 Å². The molecule has 0 radical (unpaired) electrons. The number of hydrogen-bond acceptors (Lipinski definition) is 1. The van der Waals surface area contributed by atoms with Gasteiger partial charge in [0.2, 0.25) is 0 Å². The van der Waals surface area contributed by atoms with Gasteiger partial charge in [-0.05, 0) is 58.0 Å². The molecule has 0 spiro atoms. The summed E-state index contributed by atoms with van der Waals surface area (Å²) >= 11 is 0. The van der Waals surface area contributed by atoms with Gasteiger partial charge in [-0.15, -0.1) is 28.6 Å². The Morgan fingerprint density at radius 1 is 0.450 bits per heavy atom. The van der Waals surface area contributed by atoms with Crippen LogP contribution in [0, 0.1) is 12.1 Å². The van der Waals surface area contributed by atoms with E-state index < -0.39 is 5.41 Å². The zero-order valence-electron chi connectivity index (χ0n) is 32.5. The Bertz CT molecular complexity index is 3220. The monoisotopic (exact) mass is 948 g/mol. The largest absolute Gasteiger partial charge is 0.319 e. The van der Waals surface area contributed by atoms with Crippen LogP contribution in [0.5, 0.6) is 0 Å². The maximum Gasteiger partial charge on any atom is 0.168 e. The third-order valence-electron chi connectivity index (χ3n) is 11.6. The molecule has 0 unspecified atom stereocenters. The minimum atomic E-state index is -0.800. The summed E-state index contributed by atoms with van der Waals surface area (Å²) in [5.74, 6) is 0.843. The van der Waals surface area contributed by atoms with Crippen LogP contribution < -0.4 is 0 Å². The quantitative estimate of drug-likeness (QED) is 0.110. The molecule has 0 aliphatic carbocycles. The molecule has 288 valence electrons. The van der Waals surface area contributed by atoms with Crippen LogP contribution in [0.4, 0.5) is 0 Å². The predicted octanol–water partition coefficient (Wildman–Crippen LogP) is 12.8. The van der Waals surface area contributed by atoms with Gasteiger partial charge >= 0.3 is 0 Å². The molecule has 0 aliphatic heterocycles. The van der Waals surface area contributed by atoms with E-state index >= 15 is 0 Å². The molecular weight excluding hydrogens is 912 g/mol. The summed E-state index contributed by atoms with van der Waals surface area (Å²) in [4.78, 5) is 5.00. The first-order valence-electron chi connectivity index (χ1n) is 20.0. The number of imidazole rings is 1. The molecule has 0 N–H and O–H groups in total. The summed E-state index contributed by atoms with van der Waals surface area (Å²) in [5.41, 5.74) is 12.0. The third-order valence-corrected chi connectivity index (χ3v) is 11.6. The van der Waals surface area contributed by atoms with Gasteiger partial charge in [0.25, 0.3) is 0 Å². The average Bonchev–Trinajstić information content (AvgIpc) is 3.87. The molecule has 11 rings (SSSR count). The minimum absolute atomic E-state index is 0. The summed E-state index contributed by atoms with van der Waals surface area (Å²) in [7, 11) is 0. The van der Waals surface area contributed by atoms with Gasteiger partial charge in [0.05, 0.1) is 0 Å². The Kier molecular flexibility index (Phi) is 9.64. The van der Waals surface area contributed by atoms with E-state index in [0.717, 1.165) is 83.4 Å². The SMILES string of the molecule is [Pt].[c-]1c(-n2[cH+]n(-c3ccccc3)c3ccccc32)cccc1C(c1[c-]c2c(cc1)c1ccccc1n2-c1cc(-c2ccccc2)ccn1)(c1ccccc1)c1ccccc1. The van der Waals surface area contributed by atoms with Gasteiger partial charge in [0.15, 0.2) is 17.4 Å². The van der Waals surface area contributed by atoms with E-state index in [1.807, 2.05) is 6.20 Å². The summed E-state index contributed by atoms with van der Waals surface area (Å²) in [6.45, 7) is 0. The molecule has 3 aromatic heterocycles. The number of pyridine rings is 1. The van der Waals surface area contributed by atoms with Gasteiger partial charge in [0, 0.05) is 56.0 Å². The van der Waals surface area contributed by atoms with Crippen molar-refractivity contribution >= 4 is 32.8 Å². The Labute approximate surface area is 363 Å². The fourth-order valence-electron chi connectivity index (χ4n) is 8.92.